The third-order valence-corrected chi connectivity index (χ3v) is 7.17. The summed E-state index contributed by atoms with van der Waals surface area (Å²) in [5.74, 6) is -0.450. The second kappa shape index (κ2) is 12.7. The predicted molar refractivity (Wildman–Crippen MR) is 146 cm³/mol. The van der Waals surface area contributed by atoms with Gasteiger partial charge < -0.3 is 24.4 Å². The molecule has 0 radical (unpaired) electrons. The molecule has 2 aromatic carbocycles. The number of nitrogens with zero attached hydrogens (tertiary/aromatic N) is 1. The minimum absolute atomic E-state index is 0.199. The number of unbranched alkanes of at least 4 members (excludes halogenated alkanes) is 1. The van der Waals surface area contributed by atoms with Gasteiger partial charge in [-0.3, -0.25) is 14.6 Å². The van der Waals surface area contributed by atoms with E-state index in [0.29, 0.717) is 24.3 Å². The molecule has 5 rings (SSSR count). The quantitative estimate of drug-likeness (QED) is 0.371. The third kappa shape index (κ3) is 6.69. The zero-order valence-electron chi connectivity index (χ0n) is 22.6. The van der Waals surface area contributed by atoms with Crippen molar-refractivity contribution in [3.05, 3.63) is 82.7 Å². The topological polar surface area (TPSA) is 115 Å². The highest BCUT2D eigenvalue weighted by atomic mass is 16.7. The number of ether oxygens (including phenoxy) is 3. The zero-order valence-corrected chi connectivity index (χ0v) is 22.6. The monoisotopic (exact) mass is 533 g/mol. The number of aromatic nitrogens is 1. The molecule has 0 amide bonds. The van der Waals surface area contributed by atoms with Crippen LogP contribution in [0.25, 0.3) is 0 Å². The Morgan fingerprint density at radius 3 is 2.59 bits per heavy atom. The standard InChI is InChI=1S/C20H21NO4.C11H14O3/c1-2-3-4-13-6-7-14-16(21-13)10-15(20(22)23)19(14)12-5-8-17-18(9-12)25-11-24-17;1-8(11(12)13)6-9-4-3-5-10(7-9)14-2/h5-9,15,19H,2-4,10-11H2,1H3,(H,22,23);3-5,7-8H,6H2,1-2H3,(H,12,13)/t15-,19-;/m0./s1. The number of fused-ring (bicyclic) bond motifs is 2. The van der Waals surface area contributed by atoms with Gasteiger partial charge in [0.25, 0.3) is 0 Å². The summed E-state index contributed by atoms with van der Waals surface area (Å²) in [4.78, 5) is 27.2. The van der Waals surface area contributed by atoms with Crippen LogP contribution in [0.4, 0.5) is 0 Å². The Bertz CT molecular complexity index is 1320. The first-order chi connectivity index (χ1) is 18.8. The van der Waals surface area contributed by atoms with Crippen molar-refractivity contribution in [2.45, 2.75) is 51.9 Å². The Balaban J connectivity index is 0.000000215. The zero-order chi connectivity index (χ0) is 27.9. The van der Waals surface area contributed by atoms with Crippen LogP contribution >= 0.6 is 0 Å². The van der Waals surface area contributed by atoms with Gasteiger partial charge in [-0.2, -0.15) is 0 Å². The van der Waals surface area contributed by atoms with Crippen molar-refractivity contribution >= 4 is 11.9 Å². The maximum absolute atomic E-state index is 11.9. The summed E-state index contributed by atoms with van der Waals surface area (Å²) in [7, 11) is 1.60. The van der Waals surface area contributed by atoms with Crippen molar-refractivity contribution in [2.75, 3.05) is 13.9 Å². The molecule has 0 fully saturated rings. The first-order valence-electron chi connectivity index (χ1n) is 13.3. The van der Waals surface area contributed by atoms with Crippen molar-refractivity contribution in [1.29, 1.82) is 0 Å². The lowest BCUT2D eigenvalue weighted by molar-refractivity contribution is -0.142. The van der Waals surface area contributed by atoms with Crippen LogP contribution in [0.5, 0.6) is 17.2 Å². The molecule has 8 nitrogen and oxygen atoms in total. The Morgan fingerprint density at radius 1 is 1.08 bits per heavy atom. The number of carboxylic acids is 2. The van der Waals surface area contributed by atoms with Gasteiger partial charge in [0.15, 0.2) is 11.5 Å². The molecule has 2 heterocycles. The van der Waals surface area contributed by atoms with Gasteiger partial charge in [0.2, 0.25) is 6.79 Å². The lowest BCUT2D eigenvalue weighted by atomic mass is 9.86. The molecule has 1 unspecified atom stereocenters. The molecule has 206 valence electrons. The Labute approximate surface area is 228 Å². The minimum atomic E-state index is -0.782. The number of aliphatic carboxylic acids is 2. The van der Waals surface area contributed by atoms with Crippen LogP contribution in [0, 0.1) is 11.8 Å². The largest absolute Gasteiger partial charge is 0.497 e. The maximum atomic E-state index is 11.9. The van der Waals surface area contributed by atoms with E-state index in [9.17, 15) is 14.7 Å². The van der Waals surface area contributed by atoms with E-state index in [4.69, 9.17) is 24.3 Å². The summed E-state index contributed by atoms with van der Waals surface area (Å²) < 4.78 is 15.9. The maximum Gasteiger partial charge on any atom is 0.307 e. The molecule has 8 heteroatoms. The van der Waals surface area contributed by atoms with Crippen LogP contribution in [0.2, 0.25) is 0 Å². The molecule has 0 saturated heterocycles. The van der Waals surface area contributed by atoms with E-state index in [2.05, 4.69) is 13.0 Å². The number of pyridine rings is 1. The number of hydrogen-bond donors (Lipinski definition) is 2. The molecule has 1 aliphatic carbocycles. The fourth-order valence-electron chi connectivity index (χ4n) is 5.03. The molecule has 0 saturated carbocycles. The Kier molecular flexibility index (Phi) is 9.07. The molecular formula is C31H35NO7. The van der Waals surface area contributed by atoms with Gasteiger partial charge in [0.05, 0.1) is 18.9 Å². The number of carboxylic acid groups (broad SMARTS) is 2. The molecule has 1 aromatic heterocycles. The van der Waals surface area contributed by atoms with Crippen molar-refractivity contribution < 1.29 is 34.0 Å². The summed E-state index contributed by atoms with van der Waals surface area (Å²) in [5, 5.41) is 18.5. The first-order valence-corrected chi connectivity index (χ1v) is 13.3. The van der Waals surface area contributed by atoms with E-state index < -0.39 is 17.9 Å². The van der Waals surface area contributed by atoms with E-state index in [1.54, 1.807) is 14.0 Å². The normalized spacial score (nSPS) is 17.5. The number of carbonyl (C=O) groups is 2. The predicted octanol–water partition coefficient (Wildman–Crippen LogP) is 5.50. The lowest BCUT2D eigenvalue weighted by Gasteiger charge is -2.18. The highest BCUT2D eigenvalue weighted by Gasteiger charge is 2.39. The Morgan fingerprint density at radius 2 is 1.87 bits per heavy atom. The summed E-state index contributed by atoms with van der Waals surface area (Å²) in [6.07, 6.45) is 4.17. The third-order valence-electron chi connectivity index (χ3n) is 7.17. The van der Waals surface area contributed by atoms with Gasteiger partial charge >= 0.3 is 11.9 Å². The molecule has 39 heavy (non-hydrogen) atoms. The highest BCUT2D eigenvalue weighted by Crippen LogP contribution is 2.45. The first kappa shape index (κ1) is 28.0. The minimum Gasteiger partial charge on any atom is -0.497 e. The van der Waals surface area contributed by atoms with E-state index in [0.717, 1.165) is 53.1 Å². The number of benzene rings is 2. The van der Waals surface area contributed by atoms with Gasteiger partial charge in [0, 0.05) is 23.7 Å². The Hall–Kier alpha value is -4.07. The SMILES string of the molecule is CCCCc1ccc2c(n1)C[C@H](C(=O)O)[C@H]2c1ccc2c(c1)OCO2.COc1cccc(CC(C)C(=O)O)c1. The molecular weight excluding hydrogens is 498 g/mol. The van der Waals surface area contributed by atoms with Crippen LogP contribution in [0.1, 0.15) is 60.7 Å². The molecule has 2 aliphatic rings. The van der Waals surface area contributed by atoms with Crippen molar-refractivity contribution in [2.24, 2.45) is 11.8 Å². The van der Waals surface area contributed by atoms with Crippen LogP contribution in [0.3, 0.4) is 0 Å². The van der Waals surface area contributed by atoms with Gasteiger partial charge in [-0.1, -0.05) is 44.5 Å². The molecule has 0 bridgehead atoms. The summed E-state index contributed by atoms with van der Waals surface area (Å²) in [6.45, 7) is 4.07. The van der Waals surface area contributed by atoms with Gasteiger partial charge in [0.1, 0.15) is 5.75 Å². The molecule has 0 spiro atoms. The van der Waals surface area contributed by atoms with E-state index >= 15 is 0 Å². The highest BCUT2D eigenvalue weighted by molar-refractivity contribution is 5.75. The van der Waals surface area contributed by atoms with Crippen molar-refractivity contribution in [1.82, 2.24) is 4.98 Å². The van der Waals surface area contributed by atoms with E-state index in [1.165, 1.54) is 0 Å². The van der Waals surface area contributed by atoms with Gasteiger partial charge in [-0.15, -0.1) is 0 Å². The van der Waals surface area contributed by atoms with E-state index in [1.807, 2.05) is 48.5 Å². The molecule has 3 atom stereocenters. The smallest absolute Gasteiger partial charge is 0.307 e. The van der Waals surface area contributed by atoms with Crippen LogP contribution in [0.15, 0.2) is 54.6 Å². The van der Waals surface area contributed by atoms with Crippen LogP contribution in [-0.2, 0) is 28.9 Å². The fourth-order valence-corrected chi connectivity index (χ4v) is 5.03. The van der Waals surface area contributed by atoms with Gasteiger partial charge in [-0.05, 0) is 66.3 Å². The average molecular weight is 534 g/mol. The lowest BCUT2D eigenvalue weighted by Crippen LogP contribution is -2.19. The number of rotatable bonds is 9. The summed E-state index contributed by atoms with van der Waals surface area (Å²) in [6, 6.07) is 17.3. The average Bonchev–Trinajstić information content (AvgIpc) is 3.56. The van der Waals surface area contributed by atoms with Gasteiger partial charge in [-0.25, -0.2) is 0 Å². The molecule has 1 aliphatic heterocycles. The van der Waals surface area contributed by atoms with E-state index in [-0.39, 0.29) is 18.6 Å². The summed E-state index contributed by atoms with van der Waals surface area (Å²) >= 11 is 0. The number of hydrogen-bond acceptors (Lipinski definition) is 6. The van der Waals surface area contributed by atoms with Crippen molar-refractivity contribution in [3.8, 4) is 17.2 Å². The van der Waals surface area contributed by atoms with Crippen LogP contribution in [-0.4, -0.2) is 41.0 Å². The molecule has 3 aromatic rings. The van der Waals surface area contributed by atoms with Crippen molar-refractivity contribution in [3.63, 3.8) is 0 Å². The fraction of sp³-hybridized carbons (Fsp3) is 0.387. The van der Waals surface area contributed by atoms with Crippen LogP contribution < -0.4 is 14.2 Å². The number of methoxy groups -OCH3 is 1. The second-order valence-corrected chi connectivity index (χ2v) is 9.98. The summed E-state index contributed by atoms with van der Waals surface area (Å²) in [5.41, 5.74) is 4.92. The second-order valence-electron chi connectivity index (χ2n) is 9.98. The number of aryl methyl sites for hydroxylation is 1. The molecule has 2 N–H and O–H groups in total.